The molecule has 0 aliphatic heterocycles. The molecule has 1 atom stereocenters. The van der Waals surface area contributed by atoms with Crippen molar-refractivity contribution in [3.05, 3.63) is 28.5 Å². The zero-order chi connectivity index (χ0) is 13.6. The van der Waals surface area contributed by atoms with Crippen molar-refractivity contribution >= 4 is 38.6 Å². The third kappa shape index (κ3) is 2.43. The van der Waals surface area contributed by atoms with Crippen LogP contribution in [0.15, 0.2) is 22.7 Å². The Morgan fingerprint density at radius 2 is 2.26 bits per heavy atom. The third-order valence-electron chi connectivity index (χ3n) is 4.15. The Kier molecular flexibility index (Phi) is 3.38. The molecule has 2 nitrogen and oxygen atoms in total. The largest absolute Gasteiger partial charge is 0.324 e. The van der Waals surface area contributed by atoms with Gasteiger partial charge in [0, 0.05) is 10.5 Å². The van der Waals surface area contributed by atoms with Gasteiger partial charge in [-0.25, -0.2) is 4.98 Å². The predicted molar refractivity (Wildman–Crippen MR) is 83.7 cm³/mol. The van der Waals surface area contributed by atoms with E-state index in [2.05, 4.69) is 51.5 Å². The molecule has 0 amide bonds. The first-order chi connectivity index (χ1) is 9.00. The maximum atomic E-state index is 6.10. The van der Waals surface area contributed by atoms with Crippen molar-refractivity contribution in [2.75, 3.05) is 0 Å². The molecule has 3 rings (SSSR count). The van der Waals surface area contributed by atoms with E-state index < -0.39 is 0 Å². The van der Waals surface area contributed by atoms with Crippen LogP contribution in [0.5, 0.6) is 0 Å². The number of halogens is 2. The van der Waals surface area contributed by atoms with Crippen LogP contribution in [0.1, 0.15) is 45.0 Å². The maximum Gasteiger partial charge on any atom is 0.125 e. The van der Waals surface area contributed by atoms with Crippen LogP contribution >= 0.6 is 27.5 Å². The summed E-state index contributed by atoms with van der Waals surface area (Å²) in [6.07, 6.45) is 3.69. The zero-order valence-corrected chi connectivity index (χ0v) is 13.6. The Labute approximate surface area is 127 Å². The van der Waals surface area contributed by atoms with Crippen LogP contribution in [0, 0.1) is 5.41 Å². The normalized spacial score (nSPS) is 22.2. The summed E-state index contributed by atoms with van der Waals surface area (Å²) in [6.45, 7) is 4.70. The molecular weight excluding hydrogens is 324 g/mol. The van der Waals surface area contributed by atoms with Crippen LogP contribution in [-0.2, 0) is 5.88 Å². The minimum atomic E-state index is 0.427. The molecule has 0 saturated heterocycles. The monoisotopic (exact) mass is 340 g/mol. The molecule has 1 fully saturated rings. The Morgan fingerprint density at radius 3 is 2.89 bits per heavy atom. The maximum absolute atomic E-state index is 6.10. The Balaban J connectivity index is 2.13. The van der Waals surface area contributed by atoms with Crippen molar-refractivity contribution in [2.45, 2.75) is 45.0 Å². The summed E-state index contributed by atoms with van der Waals surface area (Å²) in [7, 11) is 0. The van der Waals surface area contributed by atoms with E-state index in [9.17, 15) is 0 Å². The summed E-state index contributed by atoms with van der Waals surface area (Å²) in [5, 5.41) is 0. The van der Waals surface area contributed by atoms with E-state index in [1.165, 1.54) is 24.8 Å². The summed E-state index contributed by atoms with van der Waals surface area (Å²) >= 11 is 9.65. The van der Waals surface area contributed by atoms with Gasteiger partial charge >= 0.3 is 0 Å². The molecule has 1 aliphatic carbocycles. The second-order valence-electron chi connectivity index (χ2n) is 6.23. The lowest BCUT2D eigenvalue weighted by Crippen LogP contribution is -2.11. The molecule has 0 spiro atoms. The van der Waals surface area contributed by atoms with Gasteiger partial charge in [0.2, 0.25) is 0 Å². The van der Waals surface area contributed by atoms with Gasteiger partial charge in [-0.1, -0.05) is 29.8 Å². The molecule has 0 radical (unpaired) electrons. The smallest absolute Gasteiger partial charge is 0.125 e. The van der Waals surface area contributed by atoms with Gasteiger partial charge in [-0.3, -0.25) is 0 Å². The molecule has 102 valence electrons. The average Bonchev–Trinajstić information content (AvgIpc) is 2.88. The fourth-order valence-corrected chi connectivity index (χ4v) is 3.77. The van der Waals surface area contributed by atoms with Gasteiger partial charge in [-0.05, 0) is 42.9 Å². The quantitative estimate of drug-likeness (QED) is 0.679. The van der Waals surface area contributed by atoms with E-state index in [1.807, 2.05) is 6.07 Å². The third-order valence-corrected chi connectivity index (χ3v) is 4.88. The Hall–Kier alpha value is -0.540. The van der Waals surface area contributed by atoms with Crippen molar-refractivity contribution < 1.29 is 0 Å². The van der Waals surface area contributed by atoms with Crippen molar-refractivity contribution in [1.82, 2.24) is 9.55 Å². The molecule has 4 heteroatoms. The van der Waals surface area contributed by atoms with Gasteiger partial charge in [0.25, 0.3) is 0 Å². The number of nitrogens with zero attached hydrogens (tertiary/aromatic N) is 2. The highest BCUT2D eigenvalue weighted by molar-refractivity contribution is 9.10. The first-order valence-electron chi connectivity index (χ1n) is 6.72. The van der Waals surface area contributed by atoms with Crippen molar-refractivity contribution in [1.29, 1.82) is 0 Å². The van der Waals surface area contributed by atoms with Crippen molar-refractivity contribution in [3.63, 3.8) is 0 Å². The average molecular weight is 342 g/mol. The highest BCUT2D eigenvalue weighted by Gasteiger charge is 2.33. The molecule has 0 N–H and O–H groups in total. The lowest BCUT2D eigenvalue weighted by Gasteiger charge is -2.19. The second kappa shape index (κ2) is 4.78. The van der Waals surface area contributed by atoms with Gasteiger partial charge in [0.05, 0.1) is 16.9 Å². The van der Waals surface area contributed by atoms with E-state index in [4.69, 9.17) is 11.6 Å². The van der Waals surface area contributed by atoms with Crippen LogP contribution in [0.25, 0.3) is 11.0 Å². The molecule has 1 aliphatic rings. The molecule has 2 aromatic rings. The molecule has 19 heavy (non-hydrogen) atoms. The first-order valence-corrected chi connectivity index (χ1v) is 8.05. The highest BCUT2D eigenvalue weighted by atomic mass is 79.9. The zero-order valence-electron chi connectivity index (χ0n) is 11.3. The molecule has 1 saturated carbocycles. The Bertz CT molecular complexity index is 618. The lowest BCUT2D eigenvalue weighted by molar-refractivity contribution is 0.359. The van der Waals surface area contributed by atoms with Crippen LogP contribution in [0.2, 0.25) is 0 Å². The summed E-state index contributed by atoms with van der Waals surface area (Å²) < 4.78 is 3.46. The van der Waals surface area contributed by atoms with Crippen LogP contribution in [0.3, 0.4) is 0 Å². The number of hydrogen-bond acceptors (Lipinski definition) is 1. The number of fused-ring (bicyclic) bond motifs is 1. The van der Waals surface area contributed by atoms with Gasteiger partial charge in [-0.15, -0.1) is 11.6 Å². The number of imidazole rings is 1. The van der Waals surface area contributed by atoms with E-state index in [0.29, 0.717) is 17.3 Å². The van der Waals surface area contributed by atoms with E-state index in [0.717, 1.165) is 15.8 Å². The minimum absolute atomic E-state index is 0.427. The van der Waals surface area contributed by atoms with Gasteiger partial charge in [0.15, 0.2) is 0 Å². The summed E-state index contributed by atoms with van der Waals surface area (Å²) in [4.78, 5) is 4.67. The highest BCUT2D eigenvalue weighted by Crippen LogP contribution is 2.45. The number of benzene rings is 1. The van der Waals surface area contributed by atoms with Gasteiger partial charge in [0.1, 0.15) is 5.82 Å². The summed E-state index contributed by atoms with van der Waals surface area (Å²) in [6, 6.07) is 6.79. The number of aromatic nitrogens is 2. The number of alkyl halides is 1. The lowest BCUT2D eigenvalue weighted by atomic mass is 9.92. The van der Waals surface area contributed by atoms with Crippen LogP contribution < -0.4 is 0 Å². The molecule has 1 unspecified atom stereocenters. The SMILES string of the molecule is CC1(C)CCC(n2c(CCl)nc3ccc(Br)cc32)C1. The van der Waals surface area contributed by atoms with Gasteiger partial charge in [-0.2, -0.15) is 0 Å². The second-order valence-corrected chi connectivity index (χ2v) is 7.41. The minimum Gasteiger partial charge on any atom is -0.324 e. The molecular formula is C15H18BrClN2. The summed E-state index contributed by atoms with van der Waals surface area (Å²) in [5.74, 6) is 1.47. The van der Waals surface area contributed by atoms with E-state index in [1.54, 1.807) is 0 Å². The summed E-state index contributed by atoms with van der Waals surface area (Å²) in [5.41, 5.74) is 2.67. The fraction of sp³-hybridized carbons (Fsp3) is 0.533. The fourth-order valence-electron chi connectivity index (χ4n) is 3.24. The number of rotatable bonds is 2. The molecule has 1 aromatic heterocycles. The molecule has 1 aromatic carbocycles. The van der Waals surface area contributed by atoms with Gasteiger partial charge < -0.3 is 4.57 Å². The van der Waals surface area contributed by atoms with Crippen molar-refractivity contribution in [2.24, 2.45) is 5.41 Å². The topological polar surface area (TPSA) is 17.8 Å². The van der Waals surface area contributed by atoms with Crippen LogP contribution in [0.4, 0.5) is 0 Å². The van der Waals surface area contributed by atoms with E-state index >= 15 is 0 Å². The number of hydrogen-bond donors (Lipinski definition) is 0. The Morgan fingerprint density at radius 1 is 1.47 bits per heavy atom. The van der Waals surface area contributed by atoms with Crippen LogP contribution in [-0.4, -0.2) is 9.55 Å². The first kappa shape index (κ1) is 13.4. The predicted octanol–water partition coefficient (Wildman–Crippen LogP) is 5.29. The van der Waals surface area contributed by atoms with E-state index in [-0.39, 0.29) is 0 Å². The molecule has 0 bridgehead atoms. The molecule has 1 heterocycles. The standard InChI is InChI=1S/C15H18BrClN2/c1-15(2)6-5-11(8-15)19-13-7-10(16)3-4-12(13)18-14(19)9-17/h3-4,7,11H,5-6,8-9H2,1-2H3. The van der Waals surface area contributed by atoms with Crippen molar-refractivity contribution in [3.8, 4) is 0 Å².